The van der Waals surface area contributed by atoms with E-state index >= 15 is 0 Å². The summed E-state index contributed by atoms with van der Waals surface area (Å²) in [6.45, 7) is 0. The van der Waals surface area contributed by atoms with E-state index in [-0.39, 0.29) is 11.1 Å². The fourth-order valence-corrected chi connectivity index (χ4v) is 2.98. The molecule has 0 heterocycles. The van der Waals surface area contributed by atoms with Gasteiger partial charge in [0.1, 0.15) is 11.5 Å². The van der Waals surface area contributed by atoms with Gasteiger partial charge in [-0.3, -0.25) is 9.59 Å². The Kier molecular flexibility index (Phi) is 6.34. The van der Waals surface area contributed by atoms with Crippen molar-refractivity contribution in [2.24, 2.45) is 0 Å². The first-order chi connectivity index (χ1) is 13.5. The third-order valence-electron chi connectivity index (χ3n) is 3.76. The number of amides is 2. The van der Waals surface area contributed by atoms with Crippen LogP contribution in [0.1, 0.15) is 10.4 Å². The Morgan fingerprint density at radius 1 is 0.857 bits per heavy atom. The van der Waals surface area contributed by atoms with Crippen LogP contribution in [0.5, 0.6) is 11.5 Å². The molecule has 0 atom stereocenters. The van der Waals surface area contributed by atoms with Crippen LogP contribution >= 0.6 is 11.8 Å². The lowest BCUT2D eigenvalue weighted by Gasteiger charge is -2.10. The Labute approximate surface area is 168 Å². The van der Waals surface area contributed by atoms with Crippen LogP contribution in [-0.2, 0) is 0 Å². The van der Waals surface area contributed by atoms with Gasteiger partial charge in [-0.1, -0.05) is 24.3 Å². The summed E-state index contributed by atoms with van der Waals surface area (Å²) in [5, 5.41) is 2.80. The molecular weight excluding hydrogens is 372 g/mol. The molecule has 0 aliphatic rings. The summed E-state index contributed by atoms with van der Waals surface area (Å²) >= 11 is 1.14. The molecule has 0 radical (unpaired) electrons. The highest BCUT2D eigenvalue weighted by atomic mass is 32.2. The number of carbonyl (C=O) groups excluding carboxylic acids is 2. The number of thioether (sulfide) groups is 1. The summed E-state index contributed by atoms with van der Waals surface area (Å²) in [5.74, 6) is 1.07. The molecule has 0 saturated heterocycles. The van der Waals surface area contributed by atoms with Crippen molar-refractivity contribution in [1.82, 2.24) is 4.90 Å². The third-order valence-corrected chi connectivity index (χ3v) is 4.81. The molecule has 0 aliphatic carbocycles. The Morgan fingerprint density at radius 2 is 1.54 bits per heavy atom. The van der Waals surface area contributed by atoms with Crippen LogP contribution in [-0.4, -0.2) is 30.1 Å². The van der Waals surface area contributed by atoms with Gasteiger partial charge in [0.25, 0.3) is 11.1 Å². The summed E-state index contributed by atoms with van der Waals surface area (Å²) in [7, 11) is 3.42. The van der Waals surface area contributed by atoms with Gasteiger partial charge in [-0.15, -0.1) is 0 Å². The second-order valence-electron chi connectivity index (χ2n) is 6.18. The number of benzene rings is 3. The van der Waals surface area contributed by atoms with Gasteiger partial charge in [0, 0.05) is 30.2 Å². The second kappa shape index (κ2) is 9.10. The van der Waals surface area contributed by atoms with Gasteiger partial charge in [0.05, 0.1) is 0 Å². The largest absolute Gasteiger partial charge is 0.457 e. The van der Waals surface area contributed by atoms with Crippen molar-refractivity contribution in [2.45, 2.75) is 4.90 Å². The molecule has 1 N–H and O–H groups in total. The van der Waals surface area contributed by atoms with Crippen molar-refractivity contribution < 1.29 is 14.3 Å². The highest BCUT2D eigenvalue weighted by Crippen LogP contribution is 2.24. The molecule has 0 aromatic heterocycles. The zero-order valence-corrected chi connectivity index (χ0v) is 16.4. The lowest BCUT2D eigenvalue weighted by molar-refractivity contribution is 0.102. The number of ether oxygens (including phenoxy) is 1. The number of hydrogen-bond donors (Lipinski definition) is 1. The summed E-state index contributed by atoms with van der Waals surface area (Å²) in [6.07, 6.45) is 0. The van der Waals surface area contributed by atoms with Crippen LogP contribution in [0.15, 0.2) is 83.8 Å². The van der Waals surface area contributed by atoms with E-state index in [1.807, 2.05) is 30.3 Å². The van der Waals surface area contributed by atoms with Crippen LogP contribution in [0.4, 0.5) is 10.5 Å². The van der Waals surface area contributed by atoms with Crippen molar-refractivity contribution in [3.8, 4) is 11.5 Å². The van der Waals surface area contributed by atoms with Crippen LogP contribution in [0.25, 0.3) is 0 Å². The number of rotatable bonds is 5. The van der Waals surface area contributed by atoms with Gasteiger partial charge in [0.2, 0.25) is 0 Å². The van der Waals surface area contributed by atoms with Crippen LogP contribution in [0.2, 0.25) is 0 Å². The first-order valence-electron chi connectivity index (χ1n) is 8.65. The second-order valence-corrected chi connectivity index (χ2v) is 7.21. The topological polar surface area (TPSA) is 58.6 Å². The molecule has 0 unspecified atom stereocenters. The highest BCUT2D eigenvalue weighted by Gasteiger charge is 2.10. The van der Waals surface area contributed by atoms with Gasteiger partial charge in [-0.25, -0.2) is 0 Å². The number of para-hydroxylation sites is 1. The van der Waals surface area contributed by atoms with E-state index in [4.69, 9.17) is 4.74 Å². The van der Waals surface area contributed by atoms with Crippen molar-refractivity contribution in [3.05, 3.63) is 84.4 Å². The predicted octanol–water partition coefficient (Wildman–Crippen LogP) is 5.50. The van der Waals surface area contributed by atoms with E-state index in [0.717, 1.165) is 16.7 Å². The van der Waals surface area contributed by atoms with E-state index in [9.17, 15) is 9.59 Å². The van der Waals surface area contributed by atoms with Gasteiger partial charge >= 0.3 is 0 Å². The minimum Gasteiger partial charge on any atom is -0.457 e. The van der Waals surface area contributed by atoms with E-state index in [1.165, 1.54) is 4.90 Å². The number of carbonyl (C=O) groups is 2. The van der Waals surface area contributed by atoms with Crippen LogP contribution in [0.3, 0.4) is 0 Å². The van der Waals surface area contributed by atoms with Gasteiger partial charge in [0.15, 0.2) is 0 Å². The fraction of sp³-hybridized carbons (Fsp3) is 0.0909. The Hall–Kier alpha value is -3.25. The standard InChI is InChI=1S/C22H20N2O3S/c1-24(2)22(26)28-20-13-11-17(12-14-20)23-21(25)16-7-6-10-19(15-16)27-18-8-4-3-5-9-18/h3-15H,1-2H3,(H,23,25). The molecule has 0 bridgehead atoms. The monoisotopic (exact) mass is 392 g/mol. The first-order valence-corrected chi connectivity index (χ1v) is 9.46. The lowest BCUT2D eigenvalue weighted by Crippen LogP contribution is -2.16. The Morgan fingerprint density at radius 3 is 2.21 bits per heavy atom. The molecule has 142 valence electrons. The van der Waals surface area contributed by atoms with Gasteiger partial charge in [-0.2, -0.15) is 0 Å². The predicted molar refractivity (Wildman–Crippen MR) is 112 cm³/mol. The quantitative estimate of drug-likeness (QED) is 0.582. The average Bonchev–Trinajstić information content (AvgIpc) is 2.70. The molecule has 3 aromatic rings. The maximum atomic E-state index is 12.5. The third kappa shape index (κ3) is 5.37. The lowest BCUT2D eigenvalue weighted by atomic mass is 10.2. The van der Waals surface area contributed by atoms with Gasteiger partial charge < -0.3 is 15.0 Å². The molecule has 0 spiro atoms. The molecule has 0 saturated carbocycles. The van der Waals surface area contributed by atoms with E-state index in [1.54, 1.807) is 62.6 Å². The molecule has 28 heavy (non-hydrogen) atoms. The zero-order valence-electron chi connectivity index (χ0n) is 15.6. The van der Waals surface area contributed by atoms with Crippen LogP contribution in [0, 0.1) is 0 Å². The summed E-state index contributed by atoms with van der Waals surface area (Å²) in [6, 6.07) is 23.6. The number of nitrogens with one attached hydrogen (secondary N) is 1. The maximum absolute atomic E-state index is 12.5. The molecule has 0 fully saturated rings. The minimum absolute atomic E-state index is 0.0491. The molecule has 0 aliphatic heterocycles. The zero-order chi connectivity index (χ0) is 19.9. The Balaban J connectivity index is 1.64. The first kappa shape index (κ1) is 19.5. The number of nitrogens with zero attached hydrogens (tertiary/aromatic N) is 1. The molecule has 6 heteroatoms. The van der Waals surface area contributed by atoms with Gasteiger partial charge in [-0.05, 0) is 66.4 Å². The summed E-state index contributed by atoms with van der Waals surface area (Å²) in [5.41, 5.74) is 1.15. The SMILES string of the molecule is CN(C)C(=O)Sc1ccc(NC(=O)c2cccc(Oc3ccccc3)c2)cc1. The minimum atomic E-state index is -0.233. The molecule has 2 amide bonds. The molecular formula is C22H20N2O3S. The highest BCUT2D eigenvalue weighted by molar-refractivity contribution is 8.13. The fourth-order valence-electron chi connectivity index (χ4n) is 2.33. The maximum Gasteiger partial charge on any atom is 0.285 e. The normalized spacial score (nSPS) is 10.2. The van der Waals surface area contributed by atoms with E-state index in [2.05, 4.69) is 5.32 Å². The summed E-state index contributed by atoms with van der Waals surface area (Å²) in [4.78, 5) is 26.6. The van der Waals surface area contributed by atoms with Crippen LogP contribution < -0.4 is 10.1 Å². The van der Waals surface area contributed by atoms with Crippen molar-refractivity contribution in [2.75, 3.05) is 19.4 Å². The number of anilines is 1. The Bertz CT molecular complexity index is 957. The molecule has 5 nitrogen and oxygen atoms in total. The molecule has 3 rings (SSSR count). The average molecular weight is 392 g/mol. The molecule has 3 aromatic carbocycles. The van der Waals surface area contributed by atoms with Crippen molar-refractivity contribution >= 4 is 28.6 Å². The van der Waals surface area contributed by atoms with E-state index in [0.29, 0.717) is 22.7 Å². The smallest absolute Gasteiger partial charge is 0.285 e. The van der Waals surface area contributed by atoms with E-state index < -0.39 is 0 Å². The van der Waals surface area contributed by atoms with Crippen molar-refractivity contribution in [1.29, 1.82) is 0 Å². The summed E-state index contributed by atoms with van der Waals surface area (Å²) < 4.78 is 5.77. The number of hydrogen-bond acceptors (Lipinski definition) is 4. The van der Waals surface area contributed by atoms with Crippen molar-refractivity contribution in [3.63, 3.8) is 0 Å².